The van der Waals surface area contributed by atoms with E-state index in [4.69, 9.17) is 5.26 Å². The van der Waals surface area contributed by atoms with Crippen molar-refractivity contribution in [2.24, 2.45) is 0 Å². The van der Waals surface area contributed by atoms with E-state index in [1.807, 2.05) is 0 Å². The molecule has 1 rings (SSSR count). The summed E-state index contributed by atoms with van der Waals surface area (Å²) in [5, 5.41) is 29.0. The molecule has 0 saturated carbocycles. The standard InChI is InChI=1S/C7H6N2O6/c10-8(11)6-1-5(4-15-14)2-7(3-6)9(12)13/h1-3,14H,4H2. The van der Waals surface area contributed by atoms with Crippen molar-refractivity contribution in [2.45, 2.75) is 6.61 Å². The maximum atomic E-state index is 10.4. The van der Waals surface area contributed by atoms with Gasteiger partial charge in [-0.05, 0) is 5.56 Å². The Kier molecular flexibility index (Phi) is 3.26. The molecule has 0 heterocycles. The van der Waals surface area contributed by atoms with Crippen LogP contribution in [0.25, 0.3) is 0 Å². The lowest BCUT2D eigenvalue weighted by atomic mass is 10.2. The van der Waals surface area contributed by atoms with E-state index in [-0.39, 0.29) is 12.2 Å². The first-order valence-electron chi connectivity index (χ1n) is 3.73. The Morgan fingerprint density at radius 2 is 1.60 bits per heavy atom. The van der Waals surface area contributed by atoms with Gasteiger partial charge in [0.1, 0.15) is 6.61 Å². The van der Waals surface area contributed by atoms with Crippen molar-refractivity contribution in [2.75, 3.05) is 0 Å². The lowest BCUT2D eigenvalue weighted by Crippen LogP contribution is -1.96. The highest BCUT2D eigenvalue weighted by molar-refractivity contribution is 5.46. The fourth-order valence-corrected chi connectivity index (χ4v) is 1.03. The predicted octanol–water partition coefficient (Wildman–Crippen LogP) is 1.49. The molecule has 0 aromatic heterocycles. The van der Waals surface area contributed by atoms with E-state index in [1.165, 1.54) is 0 Å². The van der Waals surface area contributed by atoms with Crippen LogP contribution < -0.4 is 0 Å². The molecule has 1 aromatic carbocycles. The first kappa shape index (κ1) is 11.0. The Bertz CT molecular complexity index is 372. The molecule has 8 heteroatoms. The first-order valence-corrected chi connectivity index (χ1v) is 3.73. The lowest BCUT2D eigenvalue weighted by molar-refractivity contribution is -0.394. The van der Waals surface area contributed by atoms with Gasteiger partial charge < -0.3 is 0 Å². The van der Waals surface area contributed by atoms with Gasteiger partial charge in [-0.2, -0.15) is 0 Å². The van der Waals surface area contributed by atoms with Gasteiger partial charge in [0, 0.05) is 12.1 Å². The maximum absolute atomic E-state index is 10.4. The van der Waals surface area contributed by atoms with Gasteiger partial charge in [0.15, 0.2) is 0 Å². The average Bonchev–Trinajstić information content (AvgIpc) is 2.17. The van der Waals surface area contributed by atoms with Gasteiger partial charge in [-0.1, -0.05) is 0 Å². The summed E-state index contributed by atoms with van der Waals surface area (Å²) in [4.78, 5) is 23.1. The monoisotopic (exact) mass is 214 g/mol. The number of non-ortho nitro benzene ring substituents is 2. The molecule has 80 valence electrons. The normalized spacial score (nSPS) is 9.93. The summed E-state index contributed by atoms with van der Waals surface area (Å²) in [6.45, 7) is -0.345. The van der Waals surface area contributed by atoms with Crippen LogP contribution in [-0.4, -0.2) is 15.1 Å². The highest BCUT2D eigenvalue weighted by Crippen LogP contribution is 2.22. The third kappa shape index (κ3) is 2.69. The van der Waals surface area contributed by atoms with E-state index < -0.39 is 21.2 Å². The molecule has 8 nitrogen and oxygen atoms in total. The van der Waals surface area contributed by atoms with Gasteiger partial charge >= 0.3 is 0 Å². The second-order valence-electron chi connectivity index (χ2n) is 2.65. The summed E-state index contributed by atoms with van der Waals surface area (Å²) in [6.07, 6.45) is 0. The van der Waals surface area contributed by atoms with Crippen molar-refractivity contribution in [3.63, 3.8) is 0 Å². The molecule has 1 N–H and O–H groups in total. The highest BCUT2D eigenvalue weighted by Gasteiger charge is 2.16. The van der Waals surface area contributed by atoms with E-state index >= 15 is 0 Å². The van der Waals surface area contributed by atoms with Crippen LogP contribution >= 0.6 is 0 Å². The minimum atomic E-state index is -0.756. The Labute approximate surface area is 82.9 Å². The van der Waals surface area contributed by atoms with Crippen molar-refractivity contribution in [3.05, 3.63) is 44.0 Å². The van der Waals surface area contributed by atoms with Crippen LogP contribution in [0.5, 0.6) is 0 Å². The van der Waals surface area contributed by atoms with Crippen LogP contribution in [0.2, 0.25) is 0 Å². The van der Waals surface area contributed by atoms with E-state index in [2.05, 4.69) is 4.89 Å². The highest BCUT2D eigenvalue weighted by atomic mass is 17.1. The van der Waals surface area contributed by atoms with Crippen molar-refractivity contribution >= 4 is 11.4 Å². The van der Waals surface area contributed by atoms with Crippen molar-refractivity contribution in [3.8, 4) is 0 Å². The summed E-state index contributed by atoms with van der Waals surface area (Å²) >= 11 is 0. The second-order valence-corrected chi connectivity index (χ2v) is 2.65. The lowest BCUT2D eigenvalue weighted by Gasteiger charge is -1.98. The molecule has 0 saturated heterocycles. The van der Waals surface area contributed by atoms with E-state index in [9.17, 15) is 20.2 Å². The minimum Gasteiger partial charge on any atom is -0.258 e. The molecule has 0 spiro atoms. The molecule has 0 aliphatic rings. The number of hydrogen-bond donors (Lipinski definition) is 1. The minimum absolute atomic E-state index is 0.151. The predicted molar refractivity (Wildman–Crippen MR) is 47.2 cm³/mol. The smallest absolute Gasteiger partial charge is 0.258 e. The molecule has 0 amide bonds. The fraction of sp³-hybridized carbons (Fsp3) is 0.143. The van der Waals surface area contributed by atoms with Gasteiger partial charge in [-0.25, -0.2) is 4.89 Å². The van der Waals surface area contributed by atoms with Crippen LogP contribution in [0.3, 0.4) is 0 Å². The molecule has 0 aliphatic heterocycles. The molecule has 1 aromatic rings. The molecule has 0 fully saturated rings. The number of hydrogen-bond acceptors (Lipinski definition) is 6. The number of nitro benzene ring substituents is 2. The van der Waals surface area contributed by atoms with E-state index in [0.717, 1.165) is 18.2 Å². The Hall–Kier alpha value is -2.06. The molecular formula is C7H6N2O6. The summed E-state index contributed by atoms with van der Waals surface area (Å²) in [6, 6.07) is 3.01. The Morgan fingerprint density at radius 1 is 1.13 bits per heavy atom. The van der Waals surface area contributed by atoms with Gasteiger partial charge in [-0.15, -0.1) is 0 Å². The van der Waals surface area contributed by atoms with Crippen LogP contribution in [0.4, 0.5) is 11.4 Å². The summed E-state index contributed by atoms with van der Waals surface area (Å²) < 4.78 is 0. The molecule has 0 bridgehead atoms. The van der Waals surface area contributed by atoms with Crippen LogP contribution in [0.1, 0.15) is 5.56 Å². The zero-order chi connectivity index (χ0) is 11.4. The van der Waals surface area contributed by atoms with Gasteiger partial charge in [0.2, 0.25) is 0 Å². The number of rotatable bonds is 4. The van der Waals surface area contributed by atoms with Gasteiger partial charge in [-0.3, -0.25) is 25.5 Å². The Balaban J connectivity index is 3.19. The van der Waals surface area contributed by atoms with E-state index in [1.54, 1.807) is 0 Å². The number of nitro groups is 2. The SMILES string of the molecule is O=[N+]([O-])c1cc(COO)cc([N+](=O)[O-])c1. The van der Waals surface area contributed by atoms with E-state index in [0.29, 0.717) is 0 Å². The molecule has 0 atom stereocenters. The van der Waals surface area contributed by atoms with Crippen molar-refractivity contribution in [1.29, 1.82) is 0 Å². The molecule has 0 radical (unpaired) electrons. The van der Waals surface area contributed by atoms with Crippen LogP contribution in [-0.2, 0) is 11.5 Å². The topological polar surface area (TPSA) is 116 Å². The first-order chi connectivity index (χ1) is 7.04. The van der Waals surface area contributed by atoms with Crippen LogP contribution in [0.15, 0.2) is 18.2 Å². The van der Waals surface area contributed by atoms with Gasteiger partial charge in [0.05, 0.1) is 15.9 Å². The Morgan fingerprint density at radius 3 is 1.93 bits per heavy atom. The average molecular weight is 214 g/mol. The summed E-state index contributed by atoms with van der Waals surface area (Å²) in [5.74, 6) is 0. The summed E-state index contributed by atoms with van der Waals surface area (Å²) in [7, 11) is 0. The zero-order valence-electron chi connectivity index (χ0n) is 7.32. The molecule has 0 aliphatic carbocycles. The second kappa shape index (κ2) is 4.44. The van der Waals surface area contributed by atoms with Gasteiger partial charge in [0.25, 0.3) is 11.4 Å². The van der Waals surface area contributed by atoms with Crippen molar-refractivity contribution < 1.29 is 20.0 Å². The molecular weight excluding hydrogens is 208 g/mol. The number of benzene rings is 1. The maximum Gasteiger partial charge on any atom is 0.276 e. The molecule has 0 unspecified atom stereocenters. The number of nitrogens with zero attached hydrogens (tertiary/aromatic N) is 2. The van der Waals surface area contributed by atoms with Crippen LogP contribution in [0, 0.1) is 20.2 Å². The zero-order valence-corrected chi connectivity index (χ0v) is 7.32. The largest absolute Gasteiger partial charge is 0.276 e. The third-order valence-electron chi connectivity index (χ3n) is 1.62. The summed E-state index contributed by atoms with van der Waals surface area (Å²) in [5.41, 5.74) is -0.689. The molecule has 15 heavy (non-hydrogen) atoms. The fourth-order valence-electron chi connectivity index (χ4n) is 1.03. The quantitative estimate of drug-likeness (QED) is 0.461. The third-order valence-corrected chi connectivity index (χ3v) is 1.62. The van der Waals surface area contributed by atoms with Crippen molar-refractivity contribution in [1.82, 2.24) is 0 Å².